The van der Waals surface area contributed by atoms with Gasteiger partial charge in [-0.3, -0.25) is 0 Å². The lowest BCUT2D eigenvalue weighted by Crippen LogP contribution is -2.41. The van der Waals surface area contributed by atoms with E-state index >= 15 is 0 Å². The maximum Gasteiger partial charge on any atom is 0.417 e. The van der Waals surface area contributed by atoms with E-state index in [-0.39, 0.29) is 37.1 Å². The van der Waals surface area contributed by atoms with Gasteiger partial charge in [-0.25, -0.2) is 28.1 Å². The molecule has 0 unspecified atom stereocenters. The molecule has 0 aliphatic carbocycles. The number of rotatable bonds is 9. The second-order valence-corrected chi connectivity index (χ2v) is 10.3. The minimum atomic E-state index is -4.82. The van der Waals surface area contributed by atoms with Crippen LogP contribution in [0.3, 0.4) is 0 Å². The van der Waals surface area contributed by atoms with Crippen molar-refractivity contribution in [2.45, 2.75) is 49.5 Å². The van der Waals surface area contributed by atoms with E-state index in [1.165, 1.54) is 12.4 Å². The molecule has 2 aromatic heterocycles. The fraction of sp³-hybridized carbons (Fsp3) is 0.550. The SMILES string of the molecule is CC(C)[C@@H](CO)NS(=O)(=O)c1cc(C(F)(F)F)cnc1NC[C@H]1C[C@@H](O)CN1c1cc(N)ncn1. The molecule has 0 saturated carbocycles. The predicted molar refractivity (Wildman–Crippen MR) is 122 cm³/mol. The van der Waals surface area contributed by atoms with E-state index in [4.69, 9.17) is 5.73 Å². The Balaban J connectivity index is 1.91. The Bertz CT molecular complexity index is 1130. The number of pyridine rings is 1. The number of aromatic nitrogens is 3. The van der Waals surface area contributed by atoms with E-state index in [1.807, 2.05) is 0 Å². The molecule has 0 spiro atoms. The Labute approximate surface area is 200 Å². The predicted octanol–water partition coefficient (Wildman–Crippen LogP) is 0.820. The van der Waals surface area contributed by atoms with Gasteiger partial charge in [-0.2, -0.15) is 13.2 Å². The fourth-order valence-electron chi connectivity index (χ4n) is 3.68. The van der Waals surface area contributed by atoms with Crippen LogP contribution in [0, 0.1) is 5.92 Å². The zero-order valence-corrected chi connectivity index (χ0v) is 19.9. The van der Waals surface area contributed by atoms with E-state index in [2.05, 4.69) is 25.0 Å². The highest BCUT2D eigenvalue weighted by molar-refractivity contribution is 7.89. The van der Waals surface area contributed by atoms with Crippen LogP contribution in [-0.4, -0.2) is 71.5 Å². The number of alkyl halides is 3. The summed E-state index contributed by atoms with van der Waals surface area (Å²) in [6.45, 7) is 3.04. The first-order chi connectivity index (χ1) is 16.3. The van der Waals surface area contributed by atoms with Crippen molar-refractivity contribution in [2.24, 2.45) is 5.92 Å². The van der Waals surface area contributed by atoms with Crippen LogP contribution in [0.15, 0.2) is 29.6 Å². The summed E-state index contributed by atoms with van der Waals surface area (Å²) in [6.07, 6.45) is -3.43. The molecular weight excluding hydrogens is 491 g/mol. The molecule has 15 heteroatoms. The summed E-state index contributed by atoms with van der Waals surface area (Å²) in [4.78, 5) is 12.7. The number of nitrogens with zero attached hydrogens (tertiary/aromatic N) is 4. The van der Waals surface area contributed by atoms with Gasteiger partial charge >= 0.3 is 6.18 Å². The molecule has 11 nitrogen and oxygen atoms in total. The minimum absolute atomic E-state index is 0.0372. The van der Waals surface area contributed by atoms with Gasteiger partial charge in [-0.1, -0.05) is 13.8 Å². The van der Waals surface area contributed by atoms with E-state index in [9.17, 15) is 31.8 Å². The molecule has 35 heavy (non-hydrogen) atoms. The first-order valence-corrected chi connectivity index (χ1v) is 12.3. The lowest BCUT2D eigenvalue weighted by atomic mass is 10.1. The van der Waals surface area contributed by atoms with Crippen molar-refractivity contribution in [3.8, 4) is 0 Å². The lowest BCUT2D eigenvalue weighted by molar-refractivity contribution is -0.138. The van der Waals surface area contributed by atoms with Crippen molar-refractivity contribution >= 4 is 27.5 Å². The van der Waals surface area contributed by atoms with Gasteiger partial charge in [0.25, 0.3) is 0 Å². The molecule has 0 aromatic carbocycles. The van der Waals surface area contributed by atoms with Crippen LogP contribution in [0.25, 0.3) is 0 Å². The first kappa shape index (κ1) is 26.8. The Hall–Kier alpha value is -2.75. The maximum absolute atomic E-state index is 13.3. The molecule has 1 aliphatic heterocycles. The minimum Gasteiger partial charge on any atom is -0.395 e. The average molecular weight is 520 g/mol. The number of nitrogen functional groups attached to an aromatic ring is 1. The Morgan fingerprint density at radius 3 is 2.57 bits per heavy atom. The van der Waals surface area contributed by atoms with Gasteiger partial charge < -0.3 is 26.2 Å². The summed E-state index contributed by atoms with van der Waals surface area (Å²) in [5.41, 5.74) is 4.48. The molecule has 6 N–H and O–H groups in total. The number of β-amino-alcohol motifs (C(OH)–C–C–N with tert-alkyl or cyclic N) is 1. The van der Waals surface area contributed by atoms with Crippen molar-refractivity contribution in [1.82, 2.24) is 19.7 Å². The number of nitrogens with two attached hydrogens (primary N) is 1. The number of aliphatic hydroxyl groups is 2. The van der Waals surface area contributed by atoms with Crippen molar-refractivity contribution in [2.75, 3.05) is 35.6 Å². The molecule has 3 atom stereocenters. The van der Waals surface area contributed by atoms with Crippen molar-refractivity contribution in [1.29, 1.82) is 0 Å². The third-order valence-corrected chi connectivity index (χ3v) is 7.15. The number of halogens is 3. The van der Waals surface area contributed by atoms with Gasteiger partial charge in [0.1, 0.15) is 28.7 Å². The molecule has 0 amide bonds. The normalized spacial score (nSPS) is 19.8. The monoisotopic (exact) mass is 519 g/mol. The average Bonchev–Trinajstić information content (AvgIpc) is 3.15. The Morgan fingerprint density at radius 1 is 1.26 bits per heavy atom. The number of anilines is 3. The summed E-state index contributed by atoms with van der Waals surface area (Å²) in [5.74, 6) is 0.0438. The van der Waals surface area contributed by atoms with E-state index in [0.29, 0.717) is 18.1 Å². The van der Waals surface area contributed by atoms with Crippen LogP contribution in [0.5, 0.6) is 0 Å². The zero-order chi connectivity index (χ0) is 26.0. The van der Waals surface area contributed by atoms with E-state index in [0.717, 1.165) is 0 Å². The second kappa shape index (κ2) is 10.5. The van der Waals surface area contributed by atoms with Crippen molar-refractivity contribution in [3.05, 3.63) is 30.2 Å². The highest BCUT2D eigenvalue weighted by Gasteiger charge is 2.36. The highest BCUT2D eigenvalue weighted by atomic mass is 32.2. The van der Waals surface area contributed by atoms with Gasteiger partial charge in [0, 0.05) is 31.4 Å². The number of sulfonamides is 1. The summed E-state index contributed by atoms with van der Waals surface area (Å²) >= 11 is 0. The molecule has 1 fully saturated rings. The quantitative estimate of drug-likeness (QED) is 0.320. The van der Waals surface area contributed by atoms with Crippen LogP contribution >= 0.6 is 0 Å². The van der Waals surface area contributed by atoms with Gasteiger partial charge in [0.05, 0.1) is 24.3 Å². The topological polar surface area (TPSA) is 167 Å². The summed E-state index contributed by atoms with van der Waals surface area (Å²) in [5, 5.41) is 22.5. The number of aliphatic hydroxyl groups excluding tert-OH is 2. The number of hydrogen-bond acceptors (Lipinski definition) is 10. The Morgan fingerprint density at radius 2 is 1.97 bits per heavy atom. The molecule has 0 bridgehead atoms. The zero-order valence-electron chi connectivity index (χ0n) is 19.1. The molecule has 1 saturated heterocycles. The molecule has 0 radical (unpaired) electrons. The number of hydrogen-bond donors (Lipinski definition) is 5. The molecule has 194 valence electrons. The van der Waals surface area contributed by atoms with Crippen LogP contribution < -0.4 is 20.7 Å². The highest BCUT2D eigenvalue weighted by Crippen LogP contribution is 2.33. The third kappa shape index (κ3) is 6.48. The smallest absolute Gasteiger partial charge is 0.395 e. The van der Waals surface area contributed by atoms with Crippen LogP contribution in [0.2, 0.25) is 0 Å². The van der Waals surface area contributed by atoms with Crippen molar-refractivity contribution < 1.29 is 31.8 Å². The van der Waals surface area contributed by atoms with Gasteiger partial charge in [0.15, 0.2) is 0 Å². The van der Waals surface area contributed by atoms with Gasteiger partial charge in [0.2, 0.25) is 10.0 Å². The molecule has 1 aliphatic rings. The standard InChI is InChI=1S/C20H28F3N7O4S/c1-11(2)15(9-31)29-35(33,34)16-3-12(20(21,22)23)6-25-19(16)26-7-13-4-14(32)8-30(13)18-5-17(24)27-10-28-18/h3,5-6,10-11,13-15,29,31-32H,4,7-9H2,1-2H3,(H,25,26)(H2,24,27,28)/t13-,14-,15-/m1/s1. The van der Waals surface area contributed by atoms with Crippen LogP contribution in [0.1, 0.15) is 25.8 Å². The van der Waals surface area contributed by atoms with Crippen LogP contribution in [-0.2, 0) is 16.2 Å². The molecule has 3 rings (SSSR count). The largest absolute Gasteiger partial charge is 0.417 e. The molecule has 3 heterocycles. The third-order valence-electron chi connectivity index (χ3n) is 5.64. The maximum atomic E-state index is 13.3. The number of nitrogens with one attached hydrogen (secondary N) is 2. The summed E-state index contributed by atoms with van der Waals surface area (Å²) < 4.78 is 68.3. The fourth-order valence-corrected chi connectivity index (χ4v) is 5.22. The summed E-state index contributed by atoms with van der Waals surface area (Å²) in [6, 6.07) is 0.708. The summed E-state index contributed by atoms with van der Waals surface area (Å²) in [7, 11) is -4.49. The lowest BCUT2D eigenvalue weighted by Gasteiger charge is -2.26. The Kier molecular flexibility index (Phi) is 8.03. The van der Waals surface area contributed by atoms with Crippen LogP contribution in [0.4, 0.5) is 30.6 Å². The van der Waals surface area contributed by atoms with Gasteiger partial charge in [-0.05, 0) is 18.4 Å². The first-order valence-electron chi connectivity index (χ1n) is 10.8. The molecular formula is C20H28F3N7O4S. The van der Waals surface area contributed by atoms with E-state index in [1.54, 1.807) is 18.7 Å². The second-order valence-electron chi connectivity index (χ2n) is 8.60. The van der Waals surface area contributed by atoms with E-state index < -0.39 is 51.5 Å². The van der Waals surface area contributed by atoms with Gasteiger partial charge in [-0.15, -0.1) is 0 Å². The molecule has 2 aromatic rings. The van der Waals surface area contributed by atoms with Crippen molar-refractivity contribution in [3.63, 3.8) is 0 Å².